The molecule has 0 spiro atoms. The Labute approximate surface area is 165 Å². The first kappa shape index (κ1) is 20.6. The van der Waals surface area contributed by atoms with Gasteiger partial charge in [-0.1, -0.05) is 30.3 Å². The van der Waals surface area contributed by atoms with Gasteiger partial charge in [0.2, 0.25) is 10.0 Å². The lowest BCUT2D eigenvalue weighted by atomic mass is 10.2. The van der Waals surface area contributed by atoms with Crippen molar-refractivity contribution in [2.24, 2.45) is 0 Å². The fraction of sp³-hybridized carbons (Fsp3) is 0.0500. The van der Waals surface area contributed by atoms with Gasteiger partial charge in [0, 0.05) is 18.3 Å². The molecule has 2 N–H and O–H groups in total. The average Bonchev–Trinajstić information content (AvgIpc) is 2.70. The first-order chi connectivity index (χ1) is 13.8. The summed E-state index contributed by atoms with van der Waals surface area (Å²) in [7, 11) is -4.02. The van der Waals surface area contributed by atoms with Gasteiger partial charge in [-0.05, 0) is 35.9 Å². The molecule has 5 nitrogen and oxygen atoms in total. The first-order valence-electron chi connectivity index (χ1n) is 8.36. The second kappa shape index (κ2) is 8.46. The molecular weight excluding hydrogens is 405 g/mol. The Hall–Kier alpha value is -3.17. The third-order valence-electron chi connectivity index (χ3n) is 3.98. The Kier molecular flexibility index (Phi) is 6.00. The largest absolute Gasteiger partial charge is 0.322 e. The van der Waals surface area contributed by atoms with Gasteiger partial charge in [0.25, 0.3) is 5.91 Å². The van der Waals surface area contributed by atoms with Gasteiger partial charge in [-0.2, -0.15) is 0 Å². The Morgan fingerprint density at radius 2 is 1.52 bits per heavy atom. The molecule has 3 aromatic rings. The lowest BCUT2D eigenvalue weighted by Crippen LogP contribution is -2.24. The molecule has 0 atom stereocenters. The number of carbonyl (C=O) groups excluding carboxylic acids is 1. The zero-order chi connectivity index (χ0) is 21.0. The Balaban J connectivity index is 1.81. The summed E-state index contributed by atoms with van der Waals surface area (Å²) < 4.78 is 67.7. The molecule has 0 radical (unpaired) electrons. The molecule has 0 unspecified atom stereocenters. The average molecular weight is 420 g/mol. The molecule has 0 aliphatic carbocycles. The van der Waals surface area contributed by atoms with Crippen LogP contribution in [-0.2, 0) is 16.6 Å². The smallest absolute Gasteiger partial charge is 0.258 e. The van der Waals surface area contributed by atoms with Gasteiger partial charge in [-0.25, -0.2) is 26.3 Å². The molecule has 0 aliphatic rings. The van der Waals surface area contributed by atoms with E-state index in [1.807, 2.05) is 0 Å². The van der Waals surface area contributed by atoms with Crippen molar-refractivity contribution >= 4 is 21.6 Å². The number of rotatable bonds is 6. The number of benzene rings is 3. The lowest BCUT2D eigenvalue weighted by Gasteiger charge is -2.10. The van der Waals surface area contributed by atoms with E-state index in [4.69, 9.17) is 0 Å². The maximum Gasteiger partial charge on any atom is 0.258 e. The Morgan fingerprint density at radius 1 is 0.828 bits per heavy atom. The van der Waals surface area contributed by atoms with Crippen LogP contribution in [0.25, 0.3) is 0 Å². The minimum Gasteiger partial charge on any atom is -0.322 e. The number of anilines is 1. The van der Waals surface area contributed by atoms with E-state index >= 15 is 0 Å². The van der Waals surface area contributed by atoms with Gasteiger partial charge in [0.15, 0.2) is 11.6 Å². The van der Waals surface area contributed by atoms with Crippen molar-refractivity contribution in [2.75, 3.05) is 5.32 Å². The highest BCUT2D eigenvalue weighted by molar-refractivity contribution is 7.89. The van der Waals surface area contributed by atoms with Crippen LogP contribution in [-0.4, -0.2) is 14.3 Å². The van der Waals surface area contributed by atoms with Crippen molar-refractivity contribution in [3.63, 3.8) is 0 Å². The molecule has 3 rings (SSSR count). The van der Waals surface area contributed by atoms with Crippen LogP contribution in [0, 0.1) is 17.5 Å². The van der Waals surface area contributed by atoms with E-state index in [0.717, 1.165) is 42.0 Å². The minimum atomic E-state index is -4.02. The number of hydrogen-bond donors (Lipinski definition) is 2. The maximum absolute atomic E-state index is 14.1. The number of hydrogen-bond acceptors (Lipinski definition) is 3. The molecular formula is C20H15F3N2O3S. The van der Waals surface area contributed by atoms with Gasteiger partial charge in [-0.3, -0.25) is 4.79 Å². The zero-order valence-corrected chi connectivity index (χ0v) is 15.6. The molecule has 9 heteroatoms. The molecule has 0 aliphatic heterocycles. The highest BCUT2D eigenvalue weighted by Crippen LogP contribution is 2.19. The van der Waals surface area contributed by atoms with E-state index in [-0.39, 0.29) is 17.1 Å². The topological polar surface area (TPSA) is 75.3 Å². The lowest BCUT2D eigenvalue weighted by molar-refractivity contribution is 0.102. The van der Waals surface area contributed by atoms with Crippen LogP contribution < -0.4 is 10.0 Å². The predicted molar refractivity (Wildman–Crippen MR) is 101 cm³/mol. The molecule has 1 amide bonds. The van der Waals surface area contributed by atoms with Gasteiger partial charge in [0.05, 0.1) is 10.5 Å². The fourth-order valence-corrected chi connectivity index (χ4v) is 3.52. The molecule has 0 heterocycles. The van der Waals surface area contributed by atoms with Crippen LogP contribution in [0.5, 0.6) is 0 Å². The Morgan fingerprint density at radius 3 is 2.21 bits per heavy atom. The van der Waals surface area contributed by atoms with E-state index in [1.54, 1.807) is 30.3 Å². The second-order valence-electron chi connectivity index (χ2n) is 6.03. The second-order valence-corrected chi connectivity index (χ2v) is 7.80. The van der Waals surface area contributed by atoms with Crippen molar-refractivity contribution in [2.45, 2.75) is 11.4 Å². The summed E-state index contributed by atoms with van der Waals surface area (Å²) in [5.74, 6) is -4.27. The standard InChI is InChI=1S/C20H15F3N2O3S/c21-17-9-7-15(29(27,28)24-12-13-4-2-1-3-5-13)11-16(17)20(26)25-14-6-8-18(22)19(23)10-14/h1-11,24H,12H2,(H,25,26). The molecule has 29 heavy (non-hydrogen) atoms. The Bertz CT molecular complexity index is 1150. The quantitative estimate of drug-likeness (QED) is 0.636. The number of amides is 1. The van der Waals surface area contributed by atoms with Crippen molar-refractivity contribution in [3.8, 4) is 0 Å². The normalized spacial score (nSPS) is 11.3. The summed E-state index contributed by atoms with van der Waals surface area (Å²) in [6.45, 7) is 0.0108. The van der Waals surface area contributed by atoms with E-state index in [2.05, 4.69) is 10.0 Å². The van der Waals surface area contributed by atoms with Crippen molar-refractivity contribution in [1.29, 1.82) is 0 Å². The van der Waals surface area contributed by atoms with Crippen LogP contribution >= 0.6 is 0 Å². The number of sulfonamides is 1. The van der Waals surface area contributed by atoms with Gasteiger partial charge in [-0.15, -0.1) is 0 Å². The zero-order valence-electron chi connectivity index (χ0n) is 14.8. The van der Waals surface area contributed by atoms with Gasteiger partial charge in [0.1, 0.15) is 5.82 Å². The third kappa shape index (κ3) is 5.01. The van der Waals surface area contributed by atoms with Crippen molar-refractivity contribution in [3.05, 3.63) is 95.3 Å². The van der Waals surface area contributed by atoms with Crippen LogP contribution in [0.1, 0.15) is 15.9 Å². The maximum atomic E-state index is 14.1. The third-order valence-corrected chi connectivity index (χ3v) is 5.38. The molecule has 0 fully saturated rings. The molecule has 0 bridgehead atoms. The molecule has 0 saturated carbocycles. The van der Waals surface area contributed by atoms with Crippen LogP contribution in [0.2, 0.25) is 0 Å². The number of halogens is 3. The summed E-state index contributed by atoms with van der Waals surface area (Å²) in [5, 5.41) is 2.20. The van der Waals surface area contributed by atoms with Crippen LogP contribution in [0.15, 0.2) is 71.6 Å². The number of carbonyl (C=O) groups is 1. The molecule has 0 aromatic heterocycles. The minimum absolute atomic E-state index is 0.0108. The van der Waals surface area contributed by atoms with Crippen LogP contribution in [0.3, 0.4) is 0 Å². The highest BCUT2D eigenvalue weighted by Gasteiger charge is 2.20. The monoisotopic (exact) mass is 420 g/mol. The summed E-state index contributed by atoms with van der Waals surface area (Å²) in [4.78, 5) is 12.0. The first-order valence-corrected chi connectivity index (χ1v) is 9.84. The van der Waals surface area contributed by atoms with Crippen LogP contribution in [0.4, 0.5) is 18.9 Å². The van der Waals surface area contributed by atoms with E-state index in [0.29, 0.717) is 0 Å². The van der Waals surface area contributed by atoms with E-state index < -0.39 is 38.9 Å². The van der Waals surface area contributed by atoms with E-state index in [1.165, 1.54) is 0 Å². The van der Waals surface area contributed by atoms with E-state index in [9.17, 15) is 26.4 Å². The summed E-state index contributed by atoms with van der Waals surface area (Å²) in [6, 6.07) is 14.1. The summed E-state index contributed by atoms with van der Waals surface area (Å²) in [5.41, 5.74) is 0.0515. The SMILES string of the molecule is O=C(Nc1ccc(F)c(F)c1)c1cc(S(=O)(=O)NCc2ccccc2)ccc1F. The number of nitrogens with one attached hydrogen (secondary N) is 2. The molecule has 150 valence electrons. The highest BCUT2D eigenvalue weighted by atomic mass is 32.2. The molecule has 3 aromatic carbocycles. The van der Waals surface area contributed by atoms with Gasteiger partial charge >= 0.3 is 0 Å². The summed E-state index contributed by atoms with van der Waals surface area (Å²) >= 11 is 0. The molecule has 0 saturated heterocycles. The summed E-state index contributed by atoms with van der Waals surface area (Å²) in [6.07, 6.45) is 0. The fourth-order valence-electron chi connectivity index (χ4n) is 2.48. The predicted octanol–water partition coefficient (Wildman–Crippen LogP) is 3.83. The van der Waals surface area contributed by atoms with Gasteiger partial charge < -0.3 is 5.32 Å². The van der Waals surface area contributed by atoms with Crippen molar-refractivity contribution in [1.82, 2.24) is 4.72 Å². The van der Waals surface area contributed by atoms with Crippen molar-refractivity contribution < 1.29 is 26.4 Å².